The first-order valence-electron chi connectivity index (χ1n) is 7.19. The van der Waals surface area contributed by atoms with Crippen molar-refractivity contribution in [2.45, 2.75) is 6.92 Å². The van der Waals surface area contributed by atoms with Crippen LogP contribution in [0.15, 0.2) is 72.2 Å². The van der Waals surface area contributed by atoms with Crippen LogP contribution in [-0.2, 0) is 0 Å². The van der Waals surface area contributed by atoms with Crippen molar-refractivity contribution in [1.29, 1.82) is 0 Å². The molecule has 2 aromatic carbocycles. The van der Waals surface area contributed by atoms with Gasteiger partial charge in [0.15, 0.2) is 10.3 Å². The van der Waals surface area contributed by atoms with E-state index in [0.29, 0.717) is 5.11 Å². The van der Waals surface area contributed by atoms with Gasteiger partial charge in [-0.25, -0.2) is 0 Å². The van der Waals surface area contributed by atoms with Gasteiger partial charge in [0.2, 0.25) is 0 Å². The Morgan fingerprint density at radius 2 is 1.74 bits per heavy atom. The van der Waals surface area contributed by atoms with Crippen molar-refractivity contribution >= 4 is 45.6 Å². The zero-order valence-corrected chi connectivity index (χ0v) is 14.6. The van der Waals surface area contributed by atoms with Crippen LogP contribution in [0.2, 0.25) is 0 Å². The molecule has 3 nitrogen and oxygen atoms in total. The summed E-state index contributed by atoms with van der Waals surface area (Å²) >= 11 is 6.87. The average Bonchev–Trinajstić information content (AvgIpc) is 2.55. The van der Waals surface area contributed by atoms with E-state index in [2.05, 4.69) is 41.3 Å². The van der Waals surface area contributed by atoms with Gasteiger partial charge < -0.3 is 10.6 Å². The fraction of sp³-hybridized carbons (Fsp3) is 0.111. The lowest BCUT2D eigenvalue weighted by molar-refractivity contribution is 1.47. The van der Waals surface area contributed by atoms with E-state index in [9.17, 15) is 0 Å². The highest BCUT2D eigenvalue weighted by Gasteiger charge is 2.03. The van der Waals surface area contributed by atoms with Gasteiger partial charge in [0.25, 0.3) is 0 Å². The van der Waals surface area contributed by atoms with E-state index in [4.69, 9.17) is 12.2 Å². The van der Waals surface area contributed by atoms with Gasteiger partial charge in [0, 0.05) is 17.1 Å². The fourth-order valence-electron chi connectivity index (χ4n) is 1.76. The molecule has 0 spiro atoms. The Balaban J connectivity index is 2.07. The summed E-state index contributed by atoms with van der Waals surface area (Å²) in [6, 6.07) is 17.9. The SMILES string of the molecule is C=CCS/C(=N\C(=S)Nc1ccccc1)Nc1ccc(C)cc1. The third-order valence-electron chi connectivity index (χ3n) is 2.87. The number of nitrogens with one attached hydrogen (secondary N) is 2. The van der Waals surface area contributed by atoms with Crippen LogP contribution in [-0.4, -0.2) is 16.0 Å². The van der Waals surface area contributed by atoms with Crippen molar-refractivity contribution in [3.63, 3.8) is 0 Å². The van der Waals surface area contributed by atoms with Crippen LogP contribution in [0.4, 0.5) is 11.4 Å². The maximum atomic E-state index is 5.32. The molecule has 0 fully saturated rings. The number of rotatable bonds is 4. The number of hydrogen-bond acceptors (Lipinski definition) is 2. The van der Waals surface area contributed by atoms with Gasteiger partial charge in [-0.2, -0.15) is 4.99 Å². The largest absolute Gasteiger partial charge is 0.335 e. The third-order valence-corrected chi connectivity index (χ3v) is 3.93. The number of aliphatic imine (C=N–C) groups is 1. The van der Waals surface area contributed by atoms with Gasteiger partial charge in [-0.3, -0.25) is 0 Å². The Bertz CT molecular complexity index is 679. The highest BCUT2D eigenvalue weighted by atomic mass is 32.2. The zero-order valence-electron chi connectivity index (χ0n) is 13.0. The quantitative estimate of drug-likeness (QED) is 0.352. The molecule has 5 heteroatoms. The number of aryl methyl sites for hydroxylation is 1. The fourth-order valence-corrected chi connectivity index (χ4v) is 2.65. The van der Waals surface area contributed by atoms with Gasteiger partial charge in [0.1, 0.15) is 0 Å². The molecular formula is C18H19N3S2. The second-order valence-electron chi connectivity index (χ2n) is 4.80. The van der Waals surface area contributed by atoms with E-state index in [1.54, 1.807) is 11.8 Å². The average molecular weight is 342 g/mol. The minimum atomic E-state index is 0.419. The van der Waals surface area contributed by atoms with E-state index in [1.807, 2.05) is 48.5 Å². The first-order chi connectivity index (χ1) is 11.2. The third kappa shape index (κ3) is 6.26. The molecule has 0 radical (unpaired) electrons. The summed E-state index contributed by atoms with van der Waals surface area (Å²) in [6.07, 6.45) is 1.84. The molecule has 2 rings (SSSR count). The number of thiocarbonyl (C=S) groups is 1. The van der Waals surface area contributed by atoms with Crippen LogP contribution in [0.5, 0.6) is 0 Å². The number of benzene rings is 2. The predicted octanol–water partition coefficient (Wildman–Crippen LogP) is 5.08. The van der Waals surface area contributed by atoms with E-state index < -0.39 is 0 Å². The molecule has 0 heterocycles. The molecule has 2 aromatic rings. The van der Waals surface area contributed by atoms with E-state index in [0.717, 1.165) is 22.3 Å². The molecular weight excluding hydrogens is 322 g/mol. The number of thioether (sulfide) groups is 1. The summed E-state index contributed by atoms with van der Waals surface area (Å²) in [4.78, 5) is 4.47. The maximum Gasteiger partial charge on any atom is 0.199 e. The first-order valence-corrected chi connectivity index (χ1v) is 8.59. The van der Waals surface area contributed by atoms with Crippen LogP contribution in [0.1, 0.15) is 5.56 Å². The molecule has 0 amide bonds. The second-order valence-corrected chi connectivity index (χ2v) is 6.20. The molecule has 0 aromatic heterocycles. The summed E-state index contributed by atoms with van der Waals surface area (Å²) in [7, 11) is 0. The number of anilines is 2. The Morgan fingerprint density at radius 3 is 2.39 bits per heavy atom. The second kappa shape index (κ2) is 9.12. The van der Waals surface area contributed by atoms with Crippen molar-refractivity contribution in [3.8, 4) is 0 Å². The molecule has 0 aliphatic rings. The smallest absolute Gasteiger partial charge is 0.199 e. The van der Waals surface area contributed by atoms with Crippen LogP contribution < -0.4 is 10.6 Å². The van der Waals surface area contributed by atoms with Gasteiger partial charge in [0.05, 0.1) is 0 Å². The Kier molecular flexibility index (Phi) is 6.84. The number of nitrogens with zero attached hydrogens (tertiary/aromatic N) is 1. The lowest BCUT2D eigenvalue weighted by Crippen LogP contribution is -2.14. The predicted molar refractivity (Wildman–Crippen MR) is 108 cm³/mol. The summed E-state index contributed by atoms with van der Waals surface area (Å²) < 4.78 is 0. The van der Waals surface area contributed by atoms with Crippen molar-refractivity contribution in [2.75, 3.05) is 16.4 Å². The standard InChI is InChI=1S/C18H19N3S2/c1-3-13-23-18(20-16-11-9-14(2)10-12-16)21-17(22)19-15-7-5-4-6-8-15/h3-12H,1,13H2,2H3,(H2,19,20,21,22). The zero-order chi connectivity index (χ0) is 16.5. The van der Waals surface area contributed by atoms with Crippen molar-refractivity contribution < 1.29 is 0 Å². The monoisotopic (exact) mass is 341 g/mol. The number of hydrogen-bond donors (Lipinski definition) is 2. The lowest BCUT2D eigenvalue weighted by atomic mass is 10.2. The minimum absolute atomic E-state index is 0.419. The minimum Gasteiger partial charge on any atom is -0.335 e. The number of amidine groups is 1. The van der Waals surface area contributed by atoms with Crippen LogP contribution >= 0.6 is 24.0 Å². The summed E-state index contributed by atoms with van der Waals surface area (Å²) in [6.45, 7) is 5.81. The van der Waals surface area contributed by atoms with Crippen LogP contribution in [0.25, 0.3) is 0 Å². The lowest BCUT2D eigenvalue weighted by Gasteiger charge is -2.10. The van der Waals surface area contributed by atoms with E-state index in [1.165, 1.54) is 5.56 Å². The Hall–Kier alpha value is -2.11. The normalized spacial score (nSPS) is 10.9. The Morgan fingerprint density at radius 1 is 1.09 bits per heavy atom. The molecule has 0 unspecified atom stereocenters. The van der Waals surface area contributed by atoms with Gasteiger partial charge >= 0.3 is 0 Å². The summed E-state index contributed by atoms with van der Waals surface area (Å²) in [5.41, 5.74) is 3.12. The van der Waals surface area contributed by atoms with Crippen molar-refractivity contribution in [1.82, 2.24) is 0 Å². The topological polar surface area (TPSA) is 36.4 Å². The highest BCUT2D eigenvalue weighted by Crippen LogP contribution is 2.14. The molecule has 118 valence electrons. The van der Waals surface area contributed by atoms with Crippen molar-refractivity contribution in [3.05, 3.63) is 72.8 Å². The van der Waals surface area contributed by atoms with Crippen molar-refractivity contribution in [2.24, 2.45) is 4.99 Å². The maximum absolute atomic E-state index is 5.32. The van der Waals surface area contributed by atoms with Gasteiger partial charge in [-0.1, -0.05) is 53.7 Å². The molecule has 23 heavy (non-hydrogen) atoms. The molecule has 0 aliphatic carbocycles. The molecule has 0 saturated heterocycles. The van der Waals surface area contributed by atoms with Gasteiger partial charge in [-0.05, 0) is 43.4 Å². The molecule has 0 aliphatic heterocycles. The van der Waals surface area contributed by atoms with Crippen LogP contribution in [0, 0.1) is 6.92 Å². The highest BCUT2D eigenvalue weighted by molar-refractivity contribution is 8.14. The molecule has 0 atom stereocenters. The van der Waals surface area contributed by atoms with E-state index in [-0.39, 0.29) is 0 Å². The number of para-hydroxylation sites is 1. The summed E-state index contributed by atoms with van der Waals surface area (Å²) in [5, 5.41) is 7.56. The Labute approximate surface area is 146 Å². The molecule has 2 N–H and O–H groups in total. The first kappa shape index (κ1) is 17.2. The summed E-state index contributed by atoms with van der Waals surface area (Å²) in [5.74, 6) is 0.756. The van der Waals surface area contributed by atoms with E-state index >= 15 is 0 Å². The van der Waals surface area contributed by atoms with Crippen LogP contribution in [0.3, 0.4) is 0 Å². The molecule has 0 bridgehead atoms. The molecule has 0 saturated carbocycles. The van der Waals surface area contributed by atoms with Gasteiger partial charge in [-0.15, -0.1) is 6.58 Å².